The molecule has 0 aromatic heterocycles. The molecule has 0 radical (unpaired) electrons. The maximum atomic E-state index is 2.44. The molecular formula is C15H34. The fourth-order valence-corrected chi connectivity index (χ4v) is 2.33. The zero-order valence-electron chi connectivity index (χ0n) is 11.2. The Hall–Kier alpha value is 0. The van der Waals surface area contributed by atoms with Gasteiger partial charge in [0, 0.05) is 0 Å². The van der Waals surface area contributed by atoms with E-state index in [-0.39, 0.29) is 7.43 Å². The van der Waals surface area contributed by atoms with Crippen molar-refractivity contribution < 1.29 is 0 Å². The average Bonchev–Trinajstić information content (AvgIpc) is 2.21. The van der Waals surface area contributed by atoms with Crippen LogP contribution in [0, 0.1) is 17.3 Å². The van der Waals surface area contributed by atoms with Gasteiger partial charge in [-0.05, 0) is 30.1 Å². The summed E-state index contributed by atoms with van der Waals surface area (Å²) < 4.78 is 0. The summed E-state index contributed by atoms with van der Waals surface area (Å²) in [5.41, 5.74) is 0.597. The second kappa shape index (κ2) is 8.19. The first-order chi connectivity index (χ1) is 6.56. The Labute approximate surface area is 98.9 Å². The molecule has 0 saturated heterocycles. The van der Waals surface area contributed by atoms with Crippen molar-refractivity contribution in [3.63, 3.8) is 0 Å². The normalized spacial score (nSPS) is 26.0. The molecule has 15 heavy (non-hydrogen) atoms. The number of hydrogen-bond acceptors (Lipinski definition) is 0. The van der Waals surface area contributed by atoms with Crippen LogP contribution in [0.3, 0.4) is 0 Å². The standard InChI is InChI=1S/C12H24.C2H6.CH4/c1-5-12(3,4)11-8-6-10(2)7-9-11;1-2;/h10-11H,5-9H2,1-4H3;1-2H3;1H4. The second-order valence-electron chi connectivity index (χ2n) is 5.30. The summed E-state index contributed by atoms with van der Waals surface area (Å²) >= 11 is 0. The molecule has 1 fully saturated rings. The maximum absolute atomic E-state index is 2.44. The summed E-state index contributed by atoms with van der Waals surface area (Å²) in [7, 11) is 0. The van der Waals surface area contributed by atoms with E-state index in [0.29, 0.717) is 5.41 Å². The predicted molar refractivity (Wildman–Crippen MR) is 73.3 cm³/mol. The van der Waals surface area contributed by atoms with Crippen molar-refractivity contribution in [2.45, 2.75) is 81.1 Å². The molecule has 0 nitrogen and oxygen atoms in total. The SMILES string of the molecule is C.CC.CCC(C)(C)C1CCC(C)CC1. The van der Waals surface area contributed by atoms with Crippen LogP contribution >= 0.6 is 0 Å². The fraction of sp³-hybridized carbons (Fsp3) is 1.00. The number of rotatable bonds is 2. The van der Waals surface area contributed by atoms with Gasteiger partial charge in [-0.2, -0.15) is 0 Å². The van der Waals surface area contributed by atoms with Gasteiger partial charge in [-0.25, -0.2) is 0 Å². The lowest BCUT2D eigenvalue weighted by Crippen LogP contribution is -2.27. The first-order valence-electron chi connectivity index (χ1n) is 6.56. The minimum absolute atomic E-state index is 0. The quantitative estimate of drug-likeness (QED) is 0.536. The molecule has 0 amide bonds. The molecule has 1 aliphatic rings. The highest BCUT2D eigenvalue weighted by Gasteiger charge is 2.30. The minimum Gasteiger partial charge on any atom is -0.0776 e. The molecule has 94 valence electrons. The lowest BCUT2D eigenvalue weighted by atomic mass is 9.68. The van der Waals surface area contributed by atoms with E-state index < -0.39 is 0 Å². The van der Waals surface area contributed by atoms with Gasteiger partial charge in [-0.1, -0.05) is 68.2 Å². The van der Waals surface area contributed by atoms with Gasteiger partial charge in [0.1, 0.15) is 0 Å². The Balaban J connectivity index is 0. The Bertz CT molecular complexity index is 127. The summed E-state index contributed by atoms with van der Waals surface area (Å²) in [6.07, 6.45) is 7.22. The first-order valence-corrected chi connectivity index (χ1v) is 6.56. The smallest absolute Gasteiger partial charge is 0.0329 e. The summed E-state index contributed by atoms with van der Waals surface area (Å²) in [6, 6.07) is 0. The third kappa shape index (κ3) is 5.58. The molecule has 1 aliphatic carbocycles. The van der Waals surface area contributed by atoms with Crippen LogP contribution in [0.1, 0.15) is 81.1 Å². The van der Waals surface area contributed by atoms with Crippen molar-refractivity contribution in [3.8, 4) is 0 Å². The molecule has 0 unspecified atom stereocenters. The highest BCUT2D eigenvalue weighted by Crippen LogP contribution is 2.41. The predicted octanol–water partition coefficient (Wildman–Crippen LogP) is 5.91. The molecule has 1 rings (SSSR count). The van der Waals surface area contributed by atoms with Gasteiger partial charge in [0.15, 0.2) is 0 Å². The Kier molecular flexibility index (Phi) is 9.49. The molecule has 0 aromatic carbocycles. The molecule has 0 aliphatic heterocycles. The van der Waals surface area contributed by atoms with Crippen LogP contribution in [0.25, 0.3) is 0 Å². The van der Waals surface area contributed by atoms with E-state index in [0.717, 1.165) is 11.8 Å². The van der Waals surface area contributed by atoms with Gasteiger partial charge in [0.05, 0.1) is 0 Å². The van der Waals surface area contributed by atoms with Crippen LogP contribution < -0.4 is 0 Å². The Morgan fingerprint density at radius 2 is 1.40 bits per heavy atom. The van der Waals surface area contributed by atoms with Crippen molar-refractivity contribution in [3.05, 3.63) is 0 Å². The van der Waals surface area contributed by atoms with Crippen LogP contribution in [0.15, 0.2) is 0 Å². The summed E-state index contributed by atoms with van der Waals surface area (Å²) in [5, 5.41) is 0. The maximum Gasteiger partial charge on any atom is -0.0329 e. The fourth-order valence-electron chi connectivity index (χ4n) is 2.33. The zero-order valence-corrected chi connectivity index (χ0v) is 11.2. The van der Waals surface area contributed by atoms with E-state index in [4.69, 9.17) is 0 Å². The second-order valence-corrected chi connectivity index (χ2v) is 5.30. The molecular weight excluding hydrogens is 180 g/mol. The Morgan fingerprint density at radius 3 is 1.73 bits per heavy atom. The van der Waals surface area contributed by atoms with Crippen LogP contribution in [0.2, 0.25) is 0 Å². The topological polar surface area (TPSA) is 0 Å². The summed E-state index contributed by atoms with van der Waals surface area (Å²) in [4.78, 5) is 0. The molecule has 0 heterocycles. The molecule has 0 bridgehead atoms. The third-order valence-electron chi connectivity index (χ3n) is 4.03. The zero-order chi connectivity index (χ0) is 11.2. The average molecular weight is 214 g/mol. The summed E-state index contributed by atoms with van der Waals surface area (Å²) in [5.74, 6) is 1.99. The lowest BCUT2D eigenvalue weighted by Gasteiger charge is -2.38. The van der Waals surface area contributed by atoms with E-state index in [1.165, 1.54) is 32.1 Å². The van der Waals surface area contributed by atoms with Crippen LogP contribution in [0.4, 0.5) is 0 Å². The lowest BCUT2D eigenvalue weighted by molar-refractivity contribution is 0.133. The van der Waals surface area contributed by atoms with Crippen LogP contribution in [0.5, 0.6) is 0 Å². The van der Waals surface area contributed by atoms with Crippen molar-refractivity contribution in [2.75, 3.05) is 0 Å². The molecule has 1 saturated carbocycles. The van der Waals surface area contributed by atoms with Crippen molar-refractivity contribution >= 4 is 0 Å². The Morgan fingerprint density at radius 1 is 1.00 bits per heavy atom. The van der Waals surface area contributed by atoms with Crippen LogP contribution in [-0.4, -0.2) is 0 Å². The van der Waals surface area contributed by atoms with Crippen LogP contribution in [-0.2, 0) is 0 Å². The van der Waals surface area contributed by atoms with Gasteiger partial charge >= 0.3 is 0 Å². The molecule has 0 aromatic rings. The van der Waals surface area contributed by atoms with Gasteiger partial charge in [0.2, 0.25) is 0 Å². The number of hydrogen-bond donors (Lipinski definition) is 0. The molecule has 0 spiro atoms. The van der Waals surface area contributed by atoms with E-state index in [2.05, 4.69) is 27.7 Å². The van der Waals surface area contributed by atoms with Crippen molar-refractivity contribution in [1.29, 1.82) is 0 Å². The minimum atomic E-state index is 0. The van der Waals surface area contributed by atoms with E-state index in [9.17, 15) is 0 Å². The van der Waals surface area contributed by atoms with Gasteiger partial charge in [-0.3, -0.25) is 0 Å². The van der Waals surface area contributed by atoms with Gasteiger partial charge < -0.3 is 0 Å². The molecule has 0 N–H and O–H groups in total. The highest BCUT2D eigenvalue weighted by molar-refractivity contribution is 4.81. The summed E-state index contributed by atoms with van der Waals surface area (Å²) in [6.45, 7) is 13.6. The monoisotopic (exact) mass is 214 g/mol. The van der Waals surface area contributed by atoms with E-state index in [1.807, 2.05) is 13.8 Å². The van der Waals surface area contributed by atoms with Crippen molar-refractivity contribution in [2.24, 2.45) is 17.3 Å². The molecule has 0 atom stereocenters. The van der Waals surface area contributed by atoms with Crippen molar-refractivity contribution in [1.82, 2.24) is 0 Å². The van der Waals surface area contributed by atoms with E-state index >= 15 is 0 Å². The highest BCUT2D eigenvalue weighted by atomic mass is 14.4. The van der Waals surface area contributed by atoms with Gasteiger partial charge in [-0.15, -0.1) is 0 Å². The largest absolute Gasteiger partial charge is 0.0776 e. The van der Waals surface area contributed by atoms with E-state index in [1.54, 1.807) is 0 Å². The third-order valence-corrected chi connectivity index (χ3v) is 4.03. The van der Waals surface area contributed by atoms with Gasteiger partial charge in [0.25, 0.3) is 0 Å². The molecule has 0 heteroatoms. The first kappa shape index (κ1) is 17.4.